The first-order chi connectivity index (χ1) is 13.3. The van der Waals surface area contributed by atoms with Gasteiger partial charge in [-0.15, -0.1) is 0 Å². The van der Waals surface area contributed by atoms with E-state index in [-0.39, 0.29) is 11.8 Å². The van der Waals surface area contributed by atoms with Crippen LogP contribution in [0.25, 0.3) is 10.9 Å². The lowest BCUT2D eigenvalue weighted by Crippen LogP contribution is -2.42. The first-order valence-corrected chi connectivity index (χ1v) is 9.95. The van der Waals surface area contributed by atoms with E-state index < -0.39 is 0 Å². The van der Waals surface area contributed by atoms with Gasteiger partial charge in [0.15, 0.2) is 0 Å². The van der Waals surface area contributed by atoms with Crippen molar-refractivity contribution in [3.8, 4) is 0 Å². The number of para-hydroxylation sites is 1. The number of likely N-dealkylation sites (tertiary alicyclic amines) is 1. The van der Waals surface area contributed by atoms with Gasteiger partial charge < -0.3 is 9.88 Å². The van der Waals surface area contributed by atoms with E-state index >= 15 is 0 Å². The molecule has 1 fully saturated rings. The molecule has 5 rings (SSSR count). The van der Waals surface area contributed by atoms with Gasteiger partial charge in [0.1, 0.15) is 6.33 Å². The third kappa shape index (κ3) is 2.91. The molecule has 3 aromatic rings. The summed E-state index contributed by atoms with van der Waals surface area (Å²) in [6.45, 7) is 1.62. The maximum Gasteiger partial charge on any atom is 0.231 e. The number of fused-ring (bicyclic) bond motifs is 3. The molecule has 2 aromatic heterocycles. The van der Waals surface area contributed by atoms with Crippen molar-refractivity contribution >= 4 is 16.8 Å². The van der Waals surface area contributed by atoms with Crippen LogP contribution in [0.4, 0.5) is 0 Å². The van der Waals surface area contributed by atoms with Crippen molar-refractivity contribution in [2.24, 2.45) is 0 Å². The van der Waals surface area contributed by atoms with E-state index in [4.69, 9.17) is 0 Å². The van der Waals surface area contributed by atoms with Crippen molar-refractivity contribution in [3.05, 3.63) is 59.8 Å². The lowest BCUT2D eigenvalue weighted by molar-refractivity contribution is -0.134. The molecule has 27 heavy (non-hydrogen) atoms. The number of carbonyl (C=O) groups excluding carboxylic acids is 1. The van der Waals surface area contributed by atoms with E-state index in [1.54, 1.807) is 12.5 Å². The molecule has 0 bridgehead atoms. The van der Waals surface area contributed by atoms with Gasteiger partial charge in [0.2, 0.25) is 5.91 Å². The Balaban J connectivity index is 1.42. The van der Waals surface area contributed by atoms with Gasteiger partial charge in [0, 0.05) is 47.5 Å². The third-order valence-electron chi connectivity index (χ3n) is 6.17. The lowest BCUT2D eigenvalue weighted by Gasteiger charge is -2.35. The number of aromatic nitrogens is 3. The molecule has 5 heteroatoms. The van der Waals surface area contributed by atoms with Crippen LogP contribution < -0.4 is 0 Å². The summed E-state index contributed by atoms with van der Waals surface area (Å²) >= 11 is 0. The molecule has 2 atom stereocenters. The average Bonchev–Trinajstić information content (AvgIpc) is 3.13. The van der Waals surface area contributed by atoms with Crippen LogP contribution in [0.5, 0.6) is 0 Å². The maximum atomic E-state index is 13.4. The summed E-state index contributed by atoms with van der Waals surface area (Å²) < 4.78 is 0. The number of H-pyrrole nitrogens is 1. The normalized spacial score (nSPS) is 22.6. The number of aromatic amines is 1. The van der Waals surface area contributed by atoms with E-state index in [2.05, 4.69) is 44.1 Å². The van der Waals surface area contributed by atoms with Crippen LogP contribution in [0.2, 0.25) is 0 Å². The summed E-state index contributed by atoms with van der Waals surface area (Å²) in [6, 6.07) is 10.4. The van der Waals surface area contributed by atoms with E-state index in [0.717, 1.165) is 62.1 Å². The molecule has 138 valence electrons. The van der Waals surface area contributed by atoms with Crippen LogP contribution in [0.15, 0.2) is 42.9 Å². The number of nitrogens with one attached hydrogen (secondary N) is 1. The number of hydrogen-bond acceptors (Lipinski definition) is 3. The van der Waals surface area contributed by atoms with Crippen LogP contribution >= 0.6 is 0 Å². The Morgan fingerprint density at radius 3 is 2.96 bits per heavy atom. The largest absolute Gasteiger partial charge is 0.357 e. The Morgan fingerprint density at radius 2 is 2.07 bits per heavy atom. The molecule has 2 unspecified atom stereocenters. The number of piperidine rings is 1. The van der Waals surface area contributed by atoms with Crippen molar-refractivity contribution in [1.29, 1.82) is 0 Å². The summed E-state index contributed by atoms with van der Waals surface area (Å²) in [6.07, 6.45) is 8.60. The van der Waals surface area contributed by atoms with Crippen LogP contribution in [0.1, 0.15) is 54.5 Å². The Bertz CT molecular complexity index is 965. The second-order valence-electron chi connectivity index (χ2n) is 7.77. The topological polar surface area (TPSA) is 61.9 Å². The summed E-state index contributed by atoms with van der Waals surface area (Å²) in [4.78, 5) is 27.5. The number of hydrogen-bond donors (Lipinski definition) is 1. The SMILES string of the molecule is O=C(C1CCCc2c1[nH]c1ccccc21)N1CCCC(c2ccncn2)C1. The number of rotatable bonds is 2. The van der Waals surface area contributed by atoms with Gasteiger partial charge in [-0.2, -0.15) is 0 Å². The lowest BCUT2D eigenvalue weighted by atomic mass is 9.85. The van der Waals surface area contributed by atoms with Gasteiger partial charge >= 0.3 is 0 Å². The molecule has 3 heterocycles. The minimum absolute atomic E-state index is 0.0368. The van der Waals surface area contributed by atoms with Gasteiger partial charge in [-0.25, -0.2) is 9.97 Å². The highest BCUT2D eigenvalue weighted by Gasteiger charge is 2.34. The number of nitrogens with zero attached hydrogens (tertiary/aromatic N) is 3. The predicted octanol–water partition coefficient (Wildman–Crippen LogP) is 3.78. The van der Waals surface area contributed by atoms with E-state index in [9.17, 15) is 4.79 Å². The zero-order chi connectivity index (χ0) is 18.2. The zero-order valence-electron chi connectivity index (χ0n) is 15.4. The first kappa shape index (κ1) is 16.5. The predicted molar refractivity (Wildman–Crippen MR) is 105 cm³/mol. The van der Waals surface area contributed by atoms with Crippen molar-refractivity contribution in [2.45, 2.75) is 43.9 Å². The molecule has 1 aromatic carbocycles. The Labute approximate surface area is 158 Å². The molecule has 1 saturated heterocycles. The van der Waals surface area contributed by atoms with Crippen LogP contribution in [-0.2, 0) is 11.2 Å². The Morgan fingerprint density at radius 1 is 1.15 bits per heavy atom. The van der Waals surface area contributed by atoms with Crippen LogP contribution in [-0.4, -0.2) is 38.8 Å². The second-order valence-corrected chi connectivity index (χ2v) is 7.77. The van der Waals surface area contributed by atoms with Gasteiger partial charge in [-0.3, -0.25) is 4.79 Å². The number of carbonyl (C=O) groups is 1. The van der Waals surface area contributed by atoms with Crippen molar-refractivity contribution in [3.63, 3.8) is 0 Å². The molecule has 0 saturated carbocycles. The van der Waals surface area contributed by atoms with Crippen LogP contribution in [0, 0.1) is 0 Å². The number of aryl methyl sites for hydroxylation is 1. The molecule has 5 nitrogen and oxygen atoms in total. The van der Waals surface area contributed by atoms with Crippen molar-refractivity contribution < 1.29 is 4.79 Å². The fraction of sp³-hybridized carbons (Fsp3) is 0.409. The third-order valence-corrected chi connectivity index (χ3v) is 6.17. The highest BCUT2D eigenvalue weighted by atomic mass is 16.2. The highest BCUT2D eigenvalue weighted by Crippen LogP contribution is 2.38. The van der Waals surface area contributed by atoms with Crippen molar-refractivity contribution in [2.75, 3.05) is 13.1 Å². The van der Waals surface area contributed by atoms with Gasteiger partial charge in [0.05, 0.1) is 5.92 Å². The number of benzene rings is 1. The number of amides is 1. The van der Waals surface area contributed by atoms with E-state index in [1.807, 2.05) is 6.07 Å². The average molecular weight is 360 g/mol. The molecule has 1 aliphatic carbocycles. The summed E-state index contributed by atoms with van der Waals surface area (Å²) in [5.41, 5.74) is 4.70. The second kappa shape index (κ2) is 6.80. The Hall–Kier alpha value is -2.69. The molecule has 0 spiro atoms. The van der Waals surface area contributed by atoms with Crippen LogP contribution in [0.3, 0.4) is 0 Å². The Kier molecular flexibility index (Phi) is 4.15. The molecule has 1 N–H and O–H groups in total. The molecule has 1 aliphatic heterocycles. The molecule has 1 amide bonds. The van der Waals surface area contributed by atoms with Gasteiger partial charge in [-0.1, -0.05) is 18.2 Å². The molecule has 0 radical (unpaired) electrons. The molecular weight excluding hydrogens is 336 g/mol. The summed E-state index contributed by atoms with van der Waals surface area (Å²) in [5.74, 6) is 0.558. The summed E-state index contributed by atoms with van der Waals surface area (Å²) in [7, 11) is 0. The van der Waals surface area contributed by atoms with E-state index in [0.29, 0.717) is 5.92 Å². The smallest absolute Gasteiger partial charge is 0.231 e. The minimum Gasteiger partial charge on any atom is -0.357 e. The fourth-order valence-electron chi connectivity index (χ4n) is 4.84. The quantitative estimate of drug-likeness (QED) is 0.756. The minimum atomic E-state index is -0.0368. The molecular formula is C22H24N4O. The summed E-state index contributed by atoms with van der Waals surface area (Å²) in [5, 5.41) is 1.28. The van der Waals surface area contributed by atoms with Crippen molar-refractivity contribution in [1.82, 2.24) is 19.9 Å². The standard InChI is InChI=1S/C22H24N4O/c27-22(26-12-4-5-15(13-26)19-10-11-23-14-24-19)18-8-3-7-17-16-6-1-2-9-20(16)25-21(17)18/h1-2,6,9-11,14-15,18,25H,3-5,7-8,12-13H2. The zero-order valence-corrected chi connectivity index (χ0v) is 15.4. The monoisotopic (exact) mass is 360 g/mol. The fourth-order valence-corrected chi connectivity index (χ4v) is 4.84. The first-order valence-electron chi connectivity index (χ1n) is 9.95. The molecule has 2 aliphatic rings. The van der Waals surface area contributed by atoms with Gasteiger partial charge in [0.25, 0.3) is 0 Å². The maximum absolute atomic E-state index is 13.4. The highest BCUT2D eigenvalue weighted by molar-refractivity contribution is 5.90. The van der Waals surface area contributed by atoms with Gasteiger partial charge in [-0.05, 0) is 49.8 Å². The van der Waals surface area contributed by atoms with E-state index in [1.165, 1.54) is 10.9 Å².